The van der Waals surface area contributed by atoms with Crippen molar-refractivity contribution in [2.75, 3.05) is 31.1 Å². The lowest BCUT2D eigenvalue weighted by atomic mass is 10.2. The van der Waals surface area contributed by atoms with Crippen molar-refractivity contribution in [1.29, 1.82) is 0 Å². The number of hydrogen-bond donors (Lipinski definition) is 1. The number of anilines is 1. The maximum atomic E-state index is 6.12. The van der Waals surface area contributed by atoms with Gasteiger partial charge in [-0.25, -0.2) is 15.0 Å². The van der Waals surface area contributed by atoms with Crippen molar-refractivity contribution in [3.8, 4) is 0 Å². The zero-order valence-corrected chi connectivity index (χ0v) is 13.3. The maximum Gasteiger partial charge on any atom is 0.225 e. The van der Waals surface area contributed by atoms with Crippen molar-refractivity contribution >= 4 is 11.9 Å². The Morgan fingerprint density at radius 3 is 2.52 bits per heavy atom. The summed E-state index contributed by atoms with van der Waals surface area (Å²) >= 11 is 0. The molecule has 0 radical (unpaired) electrons. The fourth-order valence-corrected chi connectivity index (χ4v) is 2.45. The Morgan fingerprint density at radius 2 is 1.87 bits per heavy atom. The standard InChI is InChI=1S/C16H21N7/c1-13-3-4-14(11-20-13)12-21-15(17)22-7-9-23(10-8-22)16-18-5-2-6-19-16/h2-6,11H,7-10,12H2,1H3,(H2,17,21). The zero-order chi connectivity index (χ0) is 16.1. The molecule has 120 valence electrons. The van der Waals surface area contributed by atoms with Crippen LogP contribution in [0.25, 0.3) is 0 Å². The van der Waals surface area contributed by atoms with Gasteiger partial charge < -0.3 is 15.5 Å². The van der Waals surface area contributed by atoms with Crippen LogP contribution in [0.2, 0.25) is 0 Å². The lowest BCUT2D eigenvalue weighted by Gasteiger charge is -2.35. The lowest BCUT2D eigenvalue weighted by Crippen LogP contribution is -2.51. The first-order valence-corrected chi connectivity index (χ1v) is 7.71. The summed E-state index contributed by atoms with van der Waals surface area (Å²) in [6.45, 7) is 5.84. The molecule has 2 aromatic heterocycles. The van der Waals surface area contributed by atoms with Gasteiger partial charge in [0, 0.05) is 50.5 Å². The van der Waals surface area contributed by atoms with Crippen molar-refractivity contribution in [1.82, 2.24) is 19.9 Å². The molecule has 2 aromatic rings. The van der Waals surface area contributed by atoms with E-state index in [1.807, 2.05) is 31.3 Å². The van der Waals surface area contributed by atoms with E-state index < -0.39 is 0 Å². The number of piperazine rings is 1. The van der Waals surface area contributed by atoms with Crippen LogP contribution >= 0.6 is 0 Å². The average Bonchev–Trinajstić information content (AvgIpc) is 2.62. The zero-order valence-electron chi connectivity index (χ0n) is 13.3. The number of aromatic nitrogens is 3. The molecule has 7 heteroatoms. The third kappa shape index (κ3) is 3.94. The van der Waals surface area contributed by atoms with Crippen LogP contribution in [0.3, 0.4) is 0 Å². The van der Waals surface area contributed by atoms with Crippen LogP contribution in [0.5, 0.6) is 0 Å². The van der Waals surface area contributed by atoms with E-state index in [2.05, 4.69) is 29.7 Å². The highest BCUT2D eigenvalue weighted by Gasteiger charge is 2.19. The average molecular weight is 311 g/mol. The molecular formula is C16H21N7. The Labute approximate surface area is 135 Å². The fourth-order valence-electron chi connectivity index (χ4n) is 2.45. The van der Waals surface area contributed by atoms with E-state index in [9.17, 15) is 0 Å². The molecule has 1 saturated heterocycles. The number of aliphatic imine (C=N–C) groups is 1. The van der Waals surface area contributed by atoms with Crippen molar-refractivity contribution in [2.24, 2.45) is 10.7 Å². The van der Waals surface area contributed by atoms with Crippen LogP contribution in [0, 0.1) is 6.92 Å². The molecule has 0 amide bonds. The second-order valence-corrected chi connectivity index (χ2v) is 5.51. The van der Waals surface area contributed by atoms with Gasteiger partial charge in [-0.15, -0.1) is 0 Å². The quantitative estimate of drug-likeness (QED) is 0.667. The Balaban J connectivity index is 1.54. The van der Waals surface area contributed by atoms with Gasteiger partial charge in [0.2, 0.25) is 5.95 Å². The molecular weight excluding hydrogens is 290 g/mol. The van der Waals surface area contributed by atoms with Crippen LogP contribution in [-0.4, -0.2) is 52.0 Å². The minimum absolute atomic E-state index is 0.557. The molecule has 2 N–H and O–H groups in total. The van der Waals surface area contributed by atoms with Crippen molar-refractivity contribution in [3.63, 3.8) is 0 Å². The van der Waals surface area contributed by atoms with Gasteiger partial charge in [0.15, 0.2) is 5.96 Å². The molecule has 1 aliphatic heterocycles. The first-order chi connectivity index (χ1) is 11.2. The van der Waals surface area contributed by atoms with E-state index in [0.717, 1.165) is 43.4 Å². The van der Waals surface area contributed by atoms with Crippen LogP contribution < -0.4 is 10.6 Å². The molecule has 0 aromatic carbocycles. The van der Waals surface area contributed by atoms with Crippen LogP contribution in [0.4, 0.5) is 5.95 Å². The second-order valence-electron chi connectivity index (χ2n) is 5.51. The molecule has 23 heavy (non-hydrogen) atoms. The van der Waals surface area contributed by atoms with Gasteiger partial charge in [-0.05, 0) is 24.6 Å². The van der Waals surface area contributed by atoms with Crippen LogP contribution in [-0.2, 0) is 6.54 Å². The van der Waals surface area contributed by atoms with E-state index in [0.29, 0.717) is 12.5 Å². The van der Waals surface area contributed by atoms with E-state index >= 15 is 0 Å². The summed E-state index contributed by atoms with van der Waals surface area (Å²) in [5.41, 5.74) is 8.19. The largest absolute Gasteiger partial charge is 0.370 e. The molecule has 1 fully saturated rings. The number of guanidine groups is 1. The van der Waals surface area contributed by atoms with Gasteiger partial charge in [0.05, 0.1) is 6.54 Å². The van der Waals surface area contributed by atoms with E-state index in [4.69, 9.17) is 5.73 Å². The number of pyridine rings is 1. The molecule has 0 atom stereocenters. The summed E-state index contributed by atoms with van der Waals surface area (Å²) in [4.78, 5) is 21.6. The normalized spacial score (nSPS) is 15.8. The van der Waals surface area contributed by atoms with E-state index in [1.54, 1.807) is 12.4 Å². The molecule has 0 aliphatic carbocycles. The SMILES string of the molecule is Cc1ccc(CN=C(N)N2CCN(c3ncccn3)CC2)cn1. The minimum atomic E-state index is 0.557. The highest BCUT2D eigenvalue weighted by atomic mass is 15.3. The summed E-state index contributed by atoms with van der Waals surface area (Å²) in [5, 5.41) is 0. The van der Waals surface area contributed by atoms with Crippen LogP contribution in [0.1, 0.15) is 11.3 Å². The highest BCUT2D eigenvalue weighted by Crippen LogP contribution is 2.09. The Kier molecular flexibility index (Phi) is 4.65. The molecule has 0 unspecified atom stereocenters. The third-order valence-corrected chi connectivity index (χ3v) is 3.83. The summed E-state index contributed by atoms with van der Waals surface area (Å²) in [6.07, 6.45) is 5.37. The summed E-state index contributed by atoms with van der Waals surface area (Å²) in [5.74, 6) is 1.35. The summed E-state index contributed by atoms with van der Waals surface area (Å²) < 4.78 is 0. The minimum Gasteiger partial charge on any atom is -0.370 e. The highest BCUT2D eigenvalue weighted by molar-refractivity contribution is 5.78. The van der Waals surface area contributed by atoms with Crippen LogP contribution in [0.15, 0.2) is 41.8 Å². The number of nitrogens with zero attached hydrogens (tertiary/aromatic N) is 6. The van der Waals surface area contributed by atoms with E-state index in [1.165, 1.54) is 0 Å². The first-order valence-electron chi connectivity index (χ1n) is 7.71. The summed E-state index contributed by atoms with van der Waals surface area (Å²) in [7, 11) is 0. The predicted octanol–water partition coefficient (Wildman–Crippen LogP) is 0.817. The van der Waals surface area contributed by atoms with Gasteiger partial charge >= 0.3 is 0 Å². The molecule has 3 rings (SSSR count). The van der Waals surface area contributed by atoms with E-state index in [-0.39, 0.29) is 0 Å². The smallest absolute Gasteiger partial charge is 0.225 e. The Morgan fingerprint density at radius 1 is 1.13 bits per heavy atom. The van der Waals surface area contributed by atoms with Crippen molar-refractivity contribution in [2.45, 2.75) is 13.5 Å². The predicted molar refractivity (Wildman–Crippen MR) is 90.1 cm³/mol. The van der Waals surface area contributed by atoms with Crippen molar-refractivity contribution in [3.05, 3.63) is 48.0 Å². The van der Waals surface area contributed by atoms with Gasteiger partial charge in [0.25, 0.3) is 0 Å². The van der Waals surface area contributed by atoms with Gasteiger partial charge in [-0.2, -0.15) is 0 Å². The molecule has 1 aliphatic rings. The molecule has 3 heterocycles. The lowest BCUT2D eigenvalue weighted by molar-refractivity contribution is 0.378. The molecule has 0 bridgehead atoms. The fraction of sp³-hybridized carbons (Fsp3) is 0.375. The van der Waals surface area contributed by atoms with Gasteiger partial charge in [0.1, 0.15) is 0 Å². The number of aryl methyl sites for hydroxylation is 1. The number of nitrogens with two attached hydrogens (primary N) is 1. The monoisotopic (exact) mass is 311 g/mol. The first kappa shape index (κ1) is 15.2. The summed E-state index contributed by atoms with van der Waals surface area (Å²) in [6, 6.07) is 5.84. The molecule has 7 nitrogen and oxygen atoms in total. The van der Waals surface area contributed by atoms with Crippen molar-refractivity contribution < 1.29 is 0 Å². The molecule has 0 spiro atoms. The Bertz CT molecular complexity index is 646. The number of hydrogen-bond acceptors (Lipinski definition) is 5. The van der Waals surface area contributed by atoms with Gasteiger partial charge in [-0.3, -0.25) is 4.98 Å². The topological polar surface area (TPSA) is 83.5 Å². The molecule has 0 saturated carbocycles. The van der Waals surface area contributed by atoms with Gasteiger partial charge in [-0.1, -0.05) is 6.07 Å². The maximum absolute atomic E-state index is 6.12. The third-order valence-electron chi connectivity index (χ3n) is 3.83. The Hall–Kier alpha value is -2.70. The second kappa shape index (κ2) is 7.04. The number of rotatable bonds is 3.